The molecule has 1 aromatic carbocycles. The van der Waals surface area contributed by atoms with Gasteiger partial charge in [0.25, 0.3) is 5.90 Å². The number of rotatable bonds is 2. The molecule has 0 spiro atoms. The summed E-state index contributed by atoms with van der Waals surface area (Å²) >= 11 is 0. The number of aliphatic imine (C=N–C) groups is 1. The SMILES string of the molecule is N#Cc1cccc(/C=C2/N=C(C3=CC=CCO3)OC2=O)c1. The van der Waals surface area contributed by atoms with Crippen LogP contribution < -0.4 is 0 Å². The number of nitriles is 1. The minimum Gasteiger partial charge on any atom is -0.484 e. The monoisotopic (exact) mass is 278 g/mol. The molecule has 2 heterocycles. The molecule has 0 saturated carbocycles. The first kappa shape index (κ1) is 12.9. The van der Waals surface area contributed by atoms with E-state index in [1.165, 1.54) is 0 Å². The van der Waals surface area contributed by atoms with E-state index >= 15 is 0 Å². The second kappa shape index (κ2) is 5.47. The van der Waals surface area contributed by atoms with Gasteiger partial charge in [-0.3, -0.25) is 0 Å². The molecule has 0 N–H and O–H groups in total. The number of ether oxygens (including phenoxy) is 2. The Morgan fingerprint density at radius 1 is 1.38 bits per heavy atom. The van der Waals surface area contributed by atoms with E-state index in [0.29, 0.717) is 23.5 Å². The molecule has 0 bridgehead atoms. The van der Waals surface area contributed by atoms with Crippen LogP contribution in [0.5, 0.6) is 0 Å². The molecule has 0 aromatic heterocycles. The topological polar surface area (TPSA) is 71.7 Å². The lowest BCUT2D eigenvalue weighted by atomic mass is 10.1. The molecule has 102 valence electrons. The minimum atomic E-state index is -0.536. The van der Waals surface area contributed by atoms with Crippen molar-refractivity contribution in [2.75, 3.05) is 6.61 Å². The number of cyclic esters (lactones) is 1. The lowest BCUT2D eigenvalue weighted by molar-refractivity contribution is -0.130. The van der Waals surface area contributed by atoms with E-state index < -0.39 is 5.97 Å². The Morgan fingerprint density at radius 3 is 3.05 bits per heavy atom. The molecule has 0 atom stereocenters. The fourth-order valence-corrected chi connectivity index (χ4v) is 1.90. The van der Waals surface area contributed by atoms with Gasteiger partial charge in [-0.25, -0.2) is 9.79 Å². The first-order valence-electron chi connectivity index (χ1n) is 6.29. The van der Waals surface area contributed by atoms with Crippen molar-refractivity contribution in [1.29, 1.82) is 5.26 Å². The van der Waals surface area contributed by atoms with E-state index in [-0.39, 0.29) is 11.6 Å². The summed E-state index contributed by atoms with van der Waals surface area (Å²) in [6.07, 6.45) is 6.92. The summed E-state index contributed by atoms with van der Waals surface area (Å²) in [4.78, 5) is 16.0. The highest BCUT2D eigenvalue weighted by Gasteiger charge is 2.26. The first-order valence-corrected chi connectivity index (χ1v) is 6.29. The van der Waals surface area contributed by atoms with E-state index in [4.69, 9.17) is 14.7 Å². The molecular weight excluding hydrogens is 268 g/mol. The summed E-state index contributed by atoms with van der Waals surface area (Å²) < 4.78 is 10.4. The Morgan fingerprint density at radius 2 is 2.29 bits per heavy atom. The lowest BCUT2D eigenvalue weighted by Crippen LogP contribution is -2.11. The first-order chi connectivity index (χ1) is 10.3. The highest BCUT2D eigenvalue weighted by atomic mass is 16.6. The molecular formula is C16H10N2O3. The van der Waals surface area contributed by atoms with E-state index in [1.54, 1.807) is 36.4 Å². The van der Waals surface area contributed by atoms with Crippen LogP contribution in [-0.2, 0) is 14.3 Å². The second-order valence-corrected chi connectivity index (χ2v) is 4.34. The Balaban J connectivity index is 1.91. The zero-order valence-electron chi connectivity index (χ0n) is 10.9. The maximum atomic E-state index is 11.8. The Kier molecular flexibility index (Phi) is 3.36. The van der Waals surface area contributed by atoms with Crippen LogP contribution in [0.15, 0.2) is 58.9 Å². The number of nitrogens with zero attached hydrogens (tertiary/aromatic N) is 2. The zero-order valence-corrected chi connectivity index (χ0v) is 10.9. The molecule has 0 aliphatic carbocycles. The van der Waals surface area contributed by atoms with Gasteiger partial charge >= 0.3 is 5.97 Å². The van der Waals surface area contributed by atoms with E-state index in [9.17, 15) is 4.79 Å². The van der Waals surface area contributed by atoms with Crippen molar-refractivity contribution in [2.24, 2.45) is 4.99 Å². The number of allylic oxidation sites excluding steroid dienone is 2. The predicted octanol–water partition coefficient (Wildman–Crippen LogP) is 2.32. The van der Waals surface area contributed by atoms with Crippen LogP contribution in [0.25, 0.3) is 6.08 Å². The zero-order chi connectivity index (χ0) is 14.7. The molecule has 5 nitrogen and oxygen atoms in total. The molecule has 2 aliphatic rings. The summed E-state index contributed by atoms with van der Waals surface area (Å²) in [7, 11) is 0. The number of hydrogen-bond acceptors (Lipinski definition) is 5. The van der Waals surface area contributed by atoms with Crippen LogP contribution in [0.4, 0.5) is 0 Å². The van der Waals surface area contributed by atoms with Crippen molar-refractivity contribution in [3.8, 4) is 6.07 Å². The van der Waals surface area contributed by atoms with Crippen LogP contribution in [-0.4, -0.2) is 18.5 Å². The number of esters is 1. The summed E-state index contributed by atoms with van der Waals surface area (Å²) in [5.74, 6) is 0.0541. The largest absolute Gasteiger partial charge is 0.484 e. The van der Waals surface area contributed by atoms with Crippen molar-refractivity contribution in [3.05, 3.63) is 65.1 Å². The predicted molar refractivity (Wildman–Crippen MR) is 75.8 cm³/mol. The van der Waals surface area contributed by atoms with Crippen molar-refractivity contribution in [3.63, 3.8) is 0 Å². The van der Waals surface area contributed by atoms with Crippen LogP contribution in [0.2, 0.25) is 0 Å². The average molecular weight is 278 g/mol. The molecule has 0 unspecified atom stereocenters. The molecule has 1 aromatic rings. The van der Waals surface area contributed by atoms with Crippen LogP contribution in [0, 0.1) is 11.3 Å². The Bertz CT molecular complexity index is 764. The summed E-state index contributed by atoms with van der Waals surface area (Å²) in [6.45, 7) is 0.422. The van der Waals surface area contributed by atoms with E-state index in [1.807, 2.05) is 18.2 Å². The summed E-state index contributed by atoms with van der Waals surface area (Å²) in [5.41, 5.74) is 1.41. The maximum Gasteiger partial charge on any atom is 0.363 e. The fourth-order valence-electron chi connectivity index (χ4n) is 1.90. The van der Waals surface area contributed by atoms with Gasteiger partial charge in [-0.05, 0) is 35.9 Å². The van der Waals surface area contributed by atoms with Gasteiger partial charge in [-0.15, -0.1) is 0 Å². The highest BCUT2D eigenvalue weighted by Crippen LogP contribution is 2.20. The molecule has 0 amide bonds. The molecule has 2 aliphatic heterocycles. The third-order valence-corrected chi connectivity index (χ3v) is 2.87. The molecule has 3 rings (SSSR count). The van der Waals surface area contributed by atoms with Crippen molar-refractivity contribution < 1.29 is 14.3 Å². The number of carbonyl (C=O) groups excluding carboxylic acids is 1. The van der Waals surface area contributed by atoms with Gasteiger partial charge < -0.3 is 9.47 Å². The molecule has 0 radical (unpaired) electrons. The quantitative estimate of drug-likeness (QED) is 0.615. The number of hydrogen-bond donors (Lipinski definition) is 0. The van der Waals surface area contributed by atoms with Gasteiger partial charge in [0.2, 0.25) is 0 Å². The normalized spacial score (nSPS) is 18.6. The summed E-state index contributed by atoms with van der Waals surface area (Å²) in [6, 6.07) is 8.94. The van der Waals surface area contributed by atoms with Crippen molar-refractivity contribution in [2.45, 2.75) is 0 Å². The molecule has 5 heteroatoms. The molecule has 0 fully saturated rings. The summed E-state index contributed by atoms with van der Waals surface area (Å²) in [5, 5.41) is 8.87. The van der Waals surface area contributed by atoms with E-state index in [2.05, 4.69) is 4.99 Å². The minimum absolute atomic E-state index is 0.159. The fraction of sp³-hybridized carbons (Fsp3) is 0.0625. The number of benzene rings is 1. The standard InChI is InChI=1S/C16H10N2O3/c17-10-12-5-3-4-11(8-12)9-13-16(19)21-15(18-13)14-6-1-2-7-20-14/h1-6,8-9H,7H2/b13-9+. The Hall–Kier alpha value is -3.13. The van der Waals surface area contributed by atoms with E-state index in [0.717, 1.165) is 0 Å². The third-order valence-electron chi connectivity index (χ3n) is 2.87. The van der Waals surface area contributed by atoms with Gasteiger partial charge in [0.05, 0.1) is 11.6 Å². The van der Waals surface area contributed by atoms with Crippen molar-refractivity contribution >= 4 is 17.9 Å². The van der Waals surface area contributed by atoms with Gasteiger partial charge in [0.15, 0.2) is 11.5 Å². The molecule has 0 saturated heterocycles. The lowest BCUT2D eigenvalue weighted by Gasteiger charge is -2.08. The average Bonchev–Trinajstić information content (AvgIpc) is 2.89. The van der Waals surface area contributed by atoms with Crippen LogP contribution in [0.1, 0.15) is 11.1 Å². The van der Waals surface area contributed by atoms with Gasteiger partial charge in [0, 0.05) is 0 Å². The van der Waals surface area contributed by atoms with Gasteiger partial charge in [0.1, 0.15) is 6.61 Å². The smallest absolute Gasteiger partial charge is 0.363 e. The van der Waals surface area contributed by atoms with Crippen LogP contribution in [0.3, 0.4) is 0 Å². The number of carbonyl (C=O) groups is 1. The Labute approximate surface area is 121 Å². The third kappa shape index (κ3) is 2.74. The van der Waals surface area contributed by atoms with Crippen LogP contribution >= 0.6 is 0 Å². The van der Waals surface area contributed by atoms with Crippen molar-refractivity contribution in [1.82, 2.24) is 0 Å². The van der Waals surface area contributed by atoms with Gasteiger partial charge in [-0.1, -0.05) is 18.2 Å². The second-order valence-electron chi connectivity index (χ2n) is 4.34. The van der Waals surface area contributed by atoms with Gasteiger partial charge in [-0.2, -0.15) is 5.26 Å². The molecule has 21 heavy (non-hydrogen) atoms. The maximum absolute atomic E-state index is 11.8. The highest BCUT2D eigenvalue weighted by molar-refractivity contribution is 6.12.